The van der Waals surface area contributed by atoms with Crippen LogP contribution in [0.3, 0.4) is 0 Å². The number of Topliss-reactive ketones (excluding diaryl/α,β-unsaturated/α-hetero) is 1. The summed E-state index contributed by atoms with van der Waals surface area (Å²) in [6.45, 7) is 1.69. The molecule has 9 nitrogen and oxygen atoms in total. The Morgan fingerprint density at radius 2 is 1.75 bits per heavy atom. The molecule has 0 radical (unpaired) electrons. The van der Waals surface area contributed by atoms with Crippen LogP contribution >= 0.6 is 15.9 Å². The quantitative estimate of drug-likeness (QED) is 0.470. The lowest BCUT2D eigenvalue weighted by molar-refractivity contribution is -0.116. The maximum absolute atomic E-state index is 12.3. The van der Waals surface area contributed by atoms with Crippen LogP contribution in [0.4, 0.5) is 5.69 Å². The molecule has 0 aliphatic heterocycles. The number of hydrogen-bond acceptors (Lipinski definition) is 5. The molecule has 1 aromatic carbocycles. The first kappa shape index (κ1) is 19.7. The maximum atomic E-state index is 12.3. The van der Waals surface area contributed by atoms with E-state index < -0.39 is 11.2 Å². The molecule has 0 bridgehead atoms. The van der Waals surface area contributed by atoms with Gasteiger partial charge in [-0.15, -0.1) is 0 Å². The highest BCUT2D eigenvalue weighted by Crippen LogP contribution is 2.17. The Morgan fingerprint density at radius 3 is 2.36 bits per heavy atom. The summed E-state index contributed by atoms with van der Waals surface area (Å²) in [6.07, 6.45) is 0.0991. The van der Waals surface area contributed by atoms with Gasteiger partial charge in [0.05, 0.1) is 0 Å². The summed E-state index contributed by atoms with van der Waals surface area (Å²) in [5.74, 6) is -0.301. The number of nitrogens with zero attached hydrogens (tertiary/aromatic N) is 4. The van der Waals surface area contributed by atoms with Crippen molar-refractivity contribution in [1.82, 2.24) is 18.7 Å². The smallest absolute Gasteiger partial charge is 0.326 e. The van der Waals surface area contributed by atoms with Crippen LogP contribution in [-0.2, 0) is 25.4 Å². The summed E-state index contributed by atoms with van der Waals surface area (Å²) >= 11 is 3.29. The maximum Gasteiger partial charge on any atom is 0.332 e. The van der Waals surface area contributed by atoms with Gasteiger partial charge in [-0.05, 0) is 47.1 Å². The van der Waals surface area contributed by atoms with E-state index in [9.17, 15) is 19.2 Å². The number of benzene rings is 1. The van der Waals surface area contributed by atoms with Gasteiger partial charge in [-0.2, -0.15) is 0 Å². The van der Waals surface area contributed by atoms with Crippen LogP contribution in [0.2, 0.25) is 0 Å². The molecule has 2 heterocycles. The van der Waals surface area contributed by atoms with Crippen LogP contribution in [0, 0.1) is 0 Å². The van der Waals surface area contributed by atoms with Crippen molar-refractivity contribution in [2.45, 2.75) is 19.9 Å². The van der Waals surface area contributed by atoms with E-state index >= 15 is 0 Å². The third kappa shape index (κ3) is 3.55. The van der Waals surface area contributed by atoms with Gasteiger partial charge in [-0.3, -0.25) is 23.5 Å². The van der Waals surface area contributed by atoms with Gasteiger partial charge in [0, 0.05) is 38.3 Å². The van der Waals surface area contributed by atoms with Crippen molar-refractivity contribution in [3.63, 3.8) is 0 Å². The first-order chi connectivity index (χ1) is 13.2. The largest absolute Gasteiger partial charge is 0.332 e. The molecule has 146 valence electrons. The number of hydrogen-bond donors (Lipinski definition) is 1. The molecule has 28 heavy (non-hydrogen) atoms. The van der Waals surface area contributed by atoms with E-state index in [1.807, 2.05) is 0 Å². The summed E-state index contributed by atoms with van der Waals surface area (Å²) < 4.78 is 4.28. The first-order valence-corrected chi connectivity index (χ1v) is 9.22. The van der Waals surface area contributed by atoms with Gasteiger partial charge in [0.25, 0.3) is 5.56 Å². The number of aryl methyl sites for hydroxylation is 2. The van der Waals surface area contributed by atoms with Crippen LogP contribution in [0.1, 0.15) is 23.7 Å². The number of imidazole rings is 1. The number of halogens is 1. The fourth-order valence-corrected chi connectivity index (χ4v) is 3.41. The molecule has 0 aliphatic carbocycles. The first-order valence-electron chi connectivity index (χ1n) is 8.43. The van der Waals surface area contributed by atoms with Crippen molar-refractivity contribution in [1.29, 1.82) is 0 Å². The Morgan fingerprint density at radius 1 is 1.11 bits per heavy atom. The average Bonchev–Trinajstić information content (AvgIpc) is 3.00. The second kappa shape index (κ2) is 7.55. The number of carbonyl (C=O) groups is 2. The van der Waals surface area contributed by atoms with Gasteiger partial charge in [0.1, 0.15) is 0 Å². The van der Waals surface area contributed by atoms with E-state index in [0.717, 1.165) is 4.57 Å². The van der Waals surface area contributed by atoms with E-state index in [0.29, 0.717) is 21.6 Å². The second-order valence-electron chi connectivity index (χ2n) is 6.34. The van der Waals surface area contributed by atoms with Gasteiger partial charge in [-0.25, -0.2) is 9.78 Å². The number of fused-ring (bicyclic) bond motifs is 1. The summed E-state index contributed by atoms with van der Waals surface area (Å²) in [5, 5.41) is 2.75. The zero-order valence-corrected chi connectivity index (χ0v) is 17.1. The number of anilines is 1. The van der Waals surface area contributed by atoms with Gasteiger partial charge < -0.3 is 9.88 Å². The van der Waals surface area contributed by atoms with Crippen molar-refractivity contribution >= 4 is 44.5 Å². The molecule has 0 unspecified atom stereocenters. The Kier molecular flexibility index (Phi) is 5.32. The number of nitrogens with one attached hydrogen (secondary N) is 1. The van der Waals surface area contributed by atoms with E-state index in [1.165, 1.54) is 18.5 Å². The normalized spacial score (nSPS) is 11.0. The van der Waals surface area contributed by atoms with Gasteiger partial charge in [0.15, 0.2) is 21.7 Å². The molecule has 3 aromatic rings. The summed E-state index contributed by atoms with van der Waals surface area (Å²) in [7, 11) is 2.94. The SMILES string of the molecule is CC(=O)c1ccc(NC(=O)CCn2c(Br)nc3c(=O)n(C)c(=O)n(C)c32)cc1. The van der Waals surface area contributed by atoms with Crippen molar-refractivity contribution < 1.29 is 9.59 Å². The zero-order valence-electron chi connectivity index (χ0n) is 15.5. The predicted octanol–water partition coefficient (Wildman–Crippen LogP) is 1.43. The highest BCUT2D eigenvalue weighted by Gasteiger charge is 2.18. The van der Waals surface area contributed by atoms with E-state index in [4.69, 9.17) is 0 Å². The van der Waals surface area contributed by atoms with Gasteiger partial charge in [-0.1, -0.05) is 0 Å². The minimum Gasteiger partial charge on any atom is -0.326 e. The molecule has 1 amide bonds. The molecule has 3 rings (SSSR count). The molecule has 0 atom stereocenters. The minimum atomic E-state index is -0.493. The Balaban J connectivity index is 1.81. The Labute approximate surface area is 167 Å². The summed E-state index contributed by atoms with van der Waals surface area (Å²) in [4.78, 5) is 52.2. The van der Waals surface area contributed by atoms with Crippen LogP contribution in [0.5, 0.6) is 0 Å². The van der Waals surface area contributed by atoms with E-state index in [-0.39, 0.29) is 30.2 Å². The number of amides is 1. The molecule has 0 spiro atoms. The molecule has 0 saturated heterocycles. The Hall–Kier alpha value is -3.01. The third-order valence-electron chi connectivity index (χ3n) is 4.43. The van der Waals surface area contributed by atoms with Crippen LogP contribution in [0.25, 0.3) is 11.2 Å². The van der Waals surface area contributed by atoms with Crippen LogP contribution < -0.4 is 16.6 Å². The molecule has 1 N–H and O–H groups in total. The fraction of sp³-hybridized carbons (Fsp3) is 0.278. The highest BCUT2D eigenvalue weighted by atomic mass is 79.9. The van der Waals surface area contributed by atoms with E-state index in [1.54, 1.807) is 35.9 Å². The topological polar surface area (TPSA) is 108 Å². The van der Waals surface area contributed by atoms with Gasteiger partial charge in [0.2, 0.25) is 5.91 Å². The molecule has 10 heteroatoms. The zero-order chi connectivity index (χ0) is 20.6. The highest BCUT2D eigenvalue weighted by molar-refractivity contribution is 9.10. The van der Waals surface area contributed by atoms with Crippen molar-refractivity contribution in [3.05, 3.63) is 55.4 Å². The van der Waals surface area contributed by atoms with Crippen molar-refractivity contribution in [3.8, 4) is 0 Å². The van der Waals surface area contributed by atoms with Crippen molar-refractivity contribution in [2.24, 2.45) is 14.1 Å². The summed E-state index contributed by atoms with van der Waals surface area (Å²) in [5.41, 5.74) is 0.671. The lowest BCUT2D eigenvalue weighted by atomic mass is 10.1. The Bertz CT molecular complexity index is 1200. The number of rotatable bonds is 5. The average molecular weight is 448 g/mol. The second-order valence-corrected chi connectivity index (χ2v) is 7.05. The lowest BCUT2D eigenvalue weighted by Crippen LogP contribution is -2.37. The molecule has 2 aromatic heterocycles. The monoisotopic (exact) mass is 447 g/mol. The molecule has 0 saturated carbocycles. The number of ketones is 1. The van der Waals surface area contributed by atoms with Crippen LogP contribution in [0.15, 0.2) is 38.6 Å². The fourth-order valence-electron chi connectivity index (χ4n) is 2.89. The molecular formula is C18H18BrN5O4. The van der Waals surface area contributed by atoms with Crippen LogP contribution in [-0.4, -0.2) is 30.4 Å². The number of carbonyl (C=O) groups excluding carboxylic acids is 2. The third-order valence-corrected chi connectivity index (χ3v) is 5.04. The van der Waals surface area contributed by atoms with Gasteiger partial charge >= 0.3 is 5.69 Å². The molecule has 0 aliphatic rings. The molecule has 0 fully saturated rings. The minimum absolute atomic E-state index is 0.0496. The predicted molar refractivity (Wildman–Crippen MR) is 108 cm³/mol. The number of aromatic nitrogens is 4. The van der Waals surface area contributed by atoms with E-state index in [2.05, 4.69) is 26.2 Å². The standard InChI is InChI=1S/C18H18BrN5O4/c1-10(25)11-4-6-12(7-5-11)20-13(26)8-9-24-15-14(21-17(24)19)16(27)23(3)18(28)22(15)2/h4-7H,8-9H2,1-3H3,(H,20,26). The summed E-state index contributed by atoms with van der Waals surface area (Å²) in [6, 6.07) is 6.60. The molecular weight excluding hydrogens is 430 g/mol. The lowest BCUT2D eigenvalue weighted by Gasteiger charge is -2.10. The van der Waals surface area contributed by atoms with Crippen molar-refractivity contribution in [2.75, 3.05) is 5.32 Å².